The number of aromatic amines is 2. The second-order valence-electron chi connectivity index (χ2n) is 11.8. The van der Waals surface area contributed by atoms with Crippen LogP contribution in [-0.4, -0.2) is 40.3 Å². The minimum atomic E-state index is 0.286. The van der Waals surface area contributed by atoms with E-state index in [4.69, 9.17) is 59.7 Å². The first kappa shape index (κ1) is 31.9. The molecule has 8 rings (SSSR count). The monoisotopic (exact) mass is 706 g/mol. The first-order valence-corrected chi connectivity index (χ1v) is 16.7. The molecule has 0 saturated heterocycles. The highest BCUT2D eigenvalue weighted by Crippen LogP contribution is 2.40. The van der Waals surface area contributed by atoms with Crippen LogP contribution in [0.1, 0.15) is 18.3 Å². The highest BCUT2D eigenvalue weighted by molar-refractivity contribution is 6.36. The Morgan fingerprint density at radius 3 is 1.96 bits per heavy atom. The quantitative estimate of drug-likeness (QED) is 0.127. The van der Waals surface area contributed by atoms with Gasteiger partial charge in [-0.3, -0.25) is 10.2 Å². The van der Waals surface area contributed by atoms with Crippen LogP contribution < -0.4 is 11.5 Å². The van der Waals surface area contributed by atoms with Gasteiger partial charge in [-0.15, -0.1) is 0 Å². The number of H-pyrrole nitrogens is 2. The number of benzene rings is 4. The summed E-state index contributed by atoms with van der Waals surface area (Å²) < 4.78 is 0. The summed E-state index contributed by atoms with van der Waals surface area (Å²) in [5.41, 5.74) is 22.3. The molecule has 0 radical (unpaired) electrons. The van der Waals surface area contributed by atoms with Crippen molar-refractivity contribution >= 4 is 68.8 Å². The lowest BCUT2D eigenvalue weighted by Gasteiger charge is -2.13. The zero-order valence-electron chi connectivity index (χ0n) is 27.1. The number of aromatic nitrogens is 8. The van der Waals surface area contributed by atoms with Crippen molar-refractivity contribution in [1.29, 1.82) is 0 Å². The predicted molar refractivity (Wildman–Crippen MR) is 208 cm³/mol. The van der Waals surface area contributed by atoms with E-state index in [1.54, 1.807) is 12.3 Å². The summed E-state index contributed by atoms with van der Waals surface area (Å²) in [5.74, 6) is 0.585. The van der Waals surface area contributed by atoms with E-state index in [1.165, 1.54) is 0 Å². The van der Waals surface area contributed by atoms with E-state index in [1.807, 2.05) is 97.9 Å². The fraction of sp³-hybridized carbons (Fsp3) is 0.0256. The Hall–Kier alpha value is -6.36. The molecular formula is C39H28Cl2N10. The minimum Gasteiger partial charge on any atom is -0.382 e. The molecule has 12 heteroatoms. The summed E-state index contributed by atoms with van der Waals surface area (Å²) >= 11 is 13.6. The van der Waals surface area contributed by atoms with Crippen LogP contribution in [0.5, 0.6) is 0 Å². The molecular weight excluding hydrogens is 679 g/mol. The third-order valence-corrected chi connectivity index (χ3v) is 9.15. The van der Waals surface area contributed by atoms with Gasteiger partial charge in [0.25, 0.3) is 0 Å². The standard InChI is InChI=1S/C39H28Cl2N10/c1-3-9-30-39(43)48-34(35(46-30)23-15-25-19-44-49-32(25)27(40)17-23)22-13-8-12-21(14-22)31-26-16-24(18-28(41)37(26)51-50-31)36-33(20-10-6-5-7-11-20)47-38(42)29(4-2)45-36/h3-19H,2H2,1H3,(H2,42,47)(H2,43,48)(H,44,49)(H,50,51)/b9-3+. The Morgan fingerprint density at radius 2 is 1.24 bits per heavy atom. The van der Waals surface area contributed by atoms with Gasteiger partial charge in [-0.1, -0.05) is 84.4 Å². The van der Waals surface area contributed by atoms with E-state index in [2.05, 4.69) is 21.9 Å². The number of rotatable bonds is 7. The number of fused-ring (bicyclic) bond motifs is 2. The Kier molecular flexibility index (Phi) is 8.02. The van der Waals surface area contributed by atoms with Gasteiger partial charge in [-0.2, -0.15) is 10.2 Å². The van der Waals surface area contributed by atoms with Crippen molar-refractivity contribution in [3.8, 4) is 56.3 Å². The van der Waals surface area contributed by atoms with Crippen molar-refractivity contribution in [2.24, 2.45) is 0 Å². The van der Waals surface area contributed by atoms with E-state index in [0.717, 1.165) is 44.1 Å². The van der Waals surface area contributed by atoms with Gasteiger partial charge in [-0.05, 0) is 49.4 Å². The second kappa shape index (κ2) is 12.8. The maximum atomic E-state index is 6.92. The molecule has 0 saturated carbocycles. The fourth-order valence-corrected chi connectivity index (χ4v) is 6.69. The van der Waals surface area contributed by atoms with Gasteiger partial charge in [-0.25, -0.2) is 19.9 Å². The number of nitrogen functional groups attached to an aromatic ring is 2. The van der Waals surface area contributed by atoms with E-state index in [0.29, 0.717) is 61.2 Å². The molecule has 6 N–H and O–H groups in total. The minimum absolute atomic E-state index is 0.286. The number of anilines is 2. The van der Waals surface area contributed by atoms with Gasteiger partial charge in [0, 0.05) is 38.6 Å². The number of hydrogen-bond acceptors (Lipinski definition) is 8. The molecule has 4 heterocycles. The molecule has 0 amide bonds. The number of nitrogens with two attached hydrogens (primary N) is 2. The van der Waals surface area contributed by atoms with Gasteiger partial charge in [0.15, 0.2) is 0 Å². The molecule has 0 aliphatic heterocycles. The molecule has 51 heavy (non-hydrogen) atoms. The van der Waals surface area contributed by atoms with Gasteiger partial charge >= 0.3 is 0 Å². The van der Waals surface area contributed by atoms with Crippen molar-refractivity contribution in [2.45, 2.75) is 6.92 Å². The van der Waals surface area contributed by atoms with Crippen LogP contribution in [0.25, 0.3) is 90.2 Å². The molecule has 10 nitrogen and oxygen atoms in total. The lowest BCUT2D eigenvalue weighted by atomic mass is 9.98. The van der Waals surface area contributed by atoms with E-state index in [9.17, 15) is 0 Å². The van der Waals surface area contributed by atoms with Gasteiger partial charge < -0.3 is 11.5 Å². The molecule has 0 unspecified atom stereocenters. The van der Waals surface area contributed by atoms with Crippen molar-refractivity contribution < 1.29 is 0 Å². The Labute approximate surface area is 301 Å². The van der Waals surface area contributed by atoms with Crippen molar-refractivity contribution in [1.82, 2.24) is 40.3 Å². The second-order valence-corrected chi connectivity index (χ2v) is 12.6. The maximum absolute atomic E-state index is 6.92. The Bertz CT molecular complexity index is 2680. The van der Waals surface area contributed by atoms with Crippen LogP contribution in [0.3, 0.4) is 0 Å². The summed E-state index contributed by atoms with van der Waals surface area (Å²) in [5, 5.41) is 17.6. The molecule has 4 aromatic carbocycles. The molecule has 0 spiro atoms. The van der Waals surface area contributed by atoms with Gasteiger partial charge in [0.2, 0.25) is 0 Å². The van der Waals surface area contributed by atoms with Crippen LogP contribution in [-0.2, 0) is 0 Å². The topological polar surface area (TPSA) is 161 Å². The molecule has 0 aliphatic carbocycles. The molecule has 0 bridgehead atoms. The SMILES string of the molecule is C=Cc1nc(-c2cc(Cl)c3[nH]nc(-c4cccc(-c5nc(N)c(/C=C/C)nc5-c5cc(Cl)c6[nH]ncc6c5)c4)c3c2)c(-c2ccccc2)nc1N. The van der Waals surface area contributed by atoms with Crippen molar-refractivity contribution in [2.75, 3.05) is 11.5 Å². The normalized spacial score (nSPS) is 11.6. The molecule has 0 atom stereocenters. The van der Waals surface area contributed by atoms with E-state index < -0.39 is 0 Å². The number of allylic oxidation sites excluding steroid dienone is 1. The molecule has 0 fully saturated rings. The molecule has 0 aliphatic rings. The van der Waals surface area contributed by atoms with Gasteiger partial charge in [0.1, 0.15) is 23.0 Å². The highest BCUT2D eigenvalue weighted by atomic mass is 35.5. The van der Waals surface area contributed by atoms with Crippen molar-refractivity contribution in [3.63, 3.8) is 0 Å². The zero-order chi connectivity index (χ0) is 35.2. The van der Waals surface area contributed by atoms with Crippen LogP contribution in [0.4, 0.5) is 11.6 Å². The largest absolute Gasteiger partial charge is 0.382 e. The van der Waals surface area contributed by atoms with Crippen LogP contribution in [0, 0.1) is 0 Å². The first-order valence-electron chi connectivity index (χ1n) is 15.9. The van der Waals surface area contributed by atoms with E-state index in [-0.39, 0.29) is 5.82 Å². The summed E-state index contributed by atoms with van der Waals surface area (Å²) in [4.78, 5) is 19.4. The maximum Gasteiger partial charge on any atom is 0.150 e. The lowest BCUT2D eigenvalue weighted by Crippen LogP contribution is -2.03. The zero-order valence-corrected chi connectivity index (χ0v) is 28.6. The Balaban J connectivity index is 1.30. The Morgan fingerprint density at radius 1 is 0.627 bits per heavy atom. The fourth-order valence-electron chi connectivity index (χ4n) is 6.16. The summed E-state index contributed by atoms with van der Waals surface area (Å²) in [6.07, 6.45) is 7.01. The van der Waals surface area contributed by atoms with E-state index >= 15 is 0 Å². The number of halogens is 2. The number of nitrogens with one attached hydrogen (secondary N) is 2. The van der Waals surface area contributed by atoms with Crippen LogP contribution in [0.2, 0.25) is 10.0 Å². The van der Waals surface area contributed by atoms with Crippen LogP contribution >= 0.6 is 23.2 Å². The predicted octanol–water partition coefficient (Wildman–Crippen LogP) is 9.50. The van der Waals surface area contributed by atoms with Crippen LogP contribution in [0.15, 0.2) is 97.7 Å². The summed E-state index contributed by atoms with van der Waals surface area (Å²) in [7, 11) is 0. The van der Waals surface area contributed by atoms with Gasteiger partial charge in [0.05, 0.1) is 55.7 Å². The third-order valence-electron chi connectivity index (χ3n) is 8.55. The summed E-state index contributed by atoms with van der Waals surface area (Å²) in [6.45, 7) is 5.78. The average Bonchev–Trinajstić information content (AvgIpc) is 3.81. The molecule has 248 valence electrons. The first-order chi connectivity index (χ1) is 24.8. The third kappa shape index (κ3) is 5.66. The molecule has 4 aromatic heterocycles. The number of hydrogen-bond donors (Lipinski definition) is 4. The lowest BCUT2D eigenvalue weighted by molar-refractivity contribution is 1.12. The smallest absolute Gasteiger partial charge is 0.150 e. The van der Waals surface area contributed by atoms with Crippen molar-refractivity contribution in [3.05, 3.63) is 119 Å². The highest BCUT2D eigenvalue weighted by Gasteiger charge is 2.21. The molecule has 8 aromatic rings. The summed E-state index contributed by atoms with van der Waals surface area (Å²) in [6, 6.07) is 25.3. The number of nitrogens with zero attached hydrogens (tertiary/aromatic N) is 6. The average molecular weight is 708 g/mol.